The van der Waals surface area contributed by atoms with Gasteiger partial charge in [0.15, 0.2) is 5.96 Å². The lowest BCUT2D eigenvalue weighted by molar-refractivity contribution is -0.127. The summed E-state index contributed by atoms with van der Waals surface area (Å²) in [7, 11) is 5.46. The minimum atomic E-state index is -0.0158. The summed E-state index contributed by atoms with van der Waals surface area (Å²) in [4.78, 5) is 19.9. The molecule has 1 rings (SSSR count). The fourth-order valence-electron chi connectivity index (χ4n) is 2.09. The summed E-state index contributed by atoms with van der Waals surface area (Å²) in [6.45, 7) is 7.69. The number of hydrogen-bond acceptors (Lipinski definition) is 3. The molecule has 0 aliphatic carbocycles. The molecule has 140 valence electrons. The van der Waals surface area contributed by atoms with Gasteiger partial charge in [-0.2, -0.15) is 0 Å². The summed E-state index contributed by atoms with van der Waals surface area (Å²) in [5, 5.41) is 3.39. The fraction of sp³-hybridized carbons (Fsp3) is 0.579. The van der Waals surface area contributed by atoms with Crippen molar-refractivity contribution in [3.8, 4) is 5.75 Å². The Bertz CT molecular complexity index is 555. The van der Waals surface area contributed by atoms with Crippen LogP contribution in [0.4, 0.5) is 0 Å². The summed E-state index contributed by atoms with van der Waals surface area (Å²) in [6, 6.07) is 8.33. The molecule has 1 unspecified atom stereocenters. The van der Waals surface area contributed by atoms with Crippen LogP contribution in [0.3, 0.4) is 0 Å². The van der Waals surface area contributed by atoms with E-state index in [-0.39, 0.29) is 18.5 Å². The van der Waals surface area contributed by atoms with E-state index in [1.165, 1.54) is 0 Å². The van der Waals surface area contributed by atoms with E-state index in [0.717, 1.165) is 23.7 Å². The van der Waals surface area contributed by atoms with Crippen molar-refractivity contribution in [2.24, 2.45) is 4.99 Å². The molecule has 0 radical (unpaired) electrons. The molecule has 1 aromatic carbocycles. The number of carbonyl (C=O) groups is 1. The van der Waals surface area contributed by atoms with Gasteiger partial charge in [0.05, 0.1) is 6.61 Å². The standard InChI is InChI=1S/C19H32N4O2/c1-7-15(3)21-19(20-13-18(24)22(4)5)23(6)14-16-9-11-17(12-10-16)25-8-2/h9-12,15H,7-8,13-14H2,1-6H3,(H,20,21). The number of aliphatic imine (C=N–C) groups is 1. The van der Waals surface area contributed by atoms with Crippen LogP contribution in [0.2, 0.25) is 0 Å². The zero-order valence-electron chi connectivity index (χ0n) is 16.4. The maximum Gasteiger partial charge on any atom is 0.243 e. The van der Waals surface area contributed by atoms with E-state index >= 15 is 0 Å². The number of amides is 1. The van der Waals surface area contributed by atoms with E-state index in [4.69, 9.17) is 4.74 Å². The molecule has 25 heavy (non-hydrogen) atoms. The second kappa shape index (κ2) is 10.6. The van der Waals surface area contributed by atoms with E-state index in [9.17, 15) is 4.79 Å². The highest BCUT2D eigenvalue weighted by molar-refractivity contribution is 5.84. The van der Waals surface area contributed by atoms with Crippen molar-refractivity contribution in [2.75, 3.05) is 34.3 Å². The van der Waals surface area contributed by atoms with E-state index in [1.54, 1.807) is 19.0 Å². The molecule has 0 fully saturated rings. The van der Waals surface area contributed by atoms with E-state index in [1.807, 2.05) is 43.1 Å². The summed E-state index contributed by atoms with van der Waals surface area (Å²) >= 11 is 0. The first kappa shape index (κ1) is 20.8. The molecule has 0 saturated heterocycles. The number of nitrogens with zero attached hydrogens (tertiary/aromatic N) is 3. The Morgan fingerprint density at radius 3 is 2.36 bits per heavy atom. The first-order valence-corrected chi connectivity index (χ1v) is 8.81. The van der Waals surface area contributed by atoms with Gasteiger partial charge in [0.2, 0.25) is 5.91 Å². The second-order valence-electron chi connectivity index (χ2n) is 6.31. The van der Waals surface area contributed by atoms with Gasteiger partial charge in [0.1, 0.15) is 12.3 Å². The average Bonchev–Trinajstić information content (AvgIpc) is 2.59. The van der Waals surface area contributed by atoms with Gasteiger partial charge in [-0.3, -0.25) is 4.79 Å². The van der Waals surface area contributed by atoms with Crippen LogP contribution in [0.1, 0.15) is 32.8 Å². The highest BCUT2D eigenvalue weighted by Gasteiger charge is 2.12. The average molecular weight is 348 g/mol. The van der Waals surface area contributed by atoms with Crippen molar-refractivity contribution in [3.05, 3.63) is 29.8 Å². The number of carbonyl (C=O) groups excluding carboxylic acids is 1. The molecule has 1 N–H and O–H groups in total. The molecule has 0 aliphatic rings. The first-order valence-electron chi connectivity index (χ1n) is 8.81. The third-order valence-electron chi connectivity index (χ3n) is 3.87. The molecule has 6 heteroatoms. The van der Waals surface area contributed by atoms with Gasteiger partial charge in [0.25, 0.3) is 0 Å². The number of benzene rings is 1. The highest BCUT2D eigenvalue weighted by atomic mass is 16.5. The minimum absolute atomic E-state index is 0.0158. The van der Waals surface area contributed by atoms with Crippen LogP contribution >= 0.6 is 0 Å². The molecule has 0 saturated carbocycles. The smallest absolute Gasteiger partial charge is 0.243 e. The van der Waals surface area contributed by atoms with Crippen molar-refractivity contribution < 1.29 is 9.53 Å². The van der Waals surface area contributed by atoms with Gasteiger partial charge in [-0.25, -0.2) is 4.99 Å². The van der Waals surface area contributed by atoms with E-state index in [0.29, 0.717) is 13.2 Å². The Morgan fingerprint density at radius 1 is 1.20 bits per heavy atom. The Balaban J connectivity index is 2.81. The van der Waals surface area contributed by atoms with Crippen LogP contribution < -0.4 is 10.1 Å². The summed E-state index contributed by atoms with van der Waals surface area (Å²) < 4.78 is 5.48. The zero-order chi connectivity index (χ0) is 18.8. The maximum absolute atomic E-state index is 11.8. The molecule has 1 aromatic rings. The molecule has 1 amide bonds. The van der Waals surface area contributed by atoms with Gasteiger partial charge in [-0.05, 0) is 38.0 Å². The lowest BCUT2D eigenvalue weighted by Crippen LogP contribution is -2.43. The summed E-state index contributed by atoms with van der Waals surface area (Å²) in [5.74, 6) is 1.59. The molecule has 0 spiro atoms. The molecular weight excluding hydrogens is 316 g/mol. The number of rotatable bonds is 8. The van der Waals surface area contributed by atoms with Gasteiger partial charge in [-0.1, -0.05) is 19.1 Å². The van der Waals surface area contributed by atoms with Crippen molar-refractivity contribution in [1.29, 1.82) is 0 Å². The van der Waals surface area contributed by atoms with Crippen molar-refractivity contribution in [1.82, 2.24) is 15.1 Å². The second-order valence-corrected chi connectivity index (χ2v) is 6.31. The van der Waals surface area contributed by atoms with Crippen molar-refractivity contribution in [3.63, 3.8) is 0 Å². The number of likely N-dealkylation sites (N-methyl/N-ethyl adjacent to an activating group) is 1. The molecule has 6 nitrogen and oxygen atoms in total. The molecule has 0 bridgehead atoms. The number of hydrogen-bond donors (Lipinski definition) is 1. The SMILES string of the molecule is CCOc1ccc(CN(C)C(=NCC(=O)N(C)C)NC(C)CC)cc1. The molecule has 0 aromatic heterocycles. The third-order valence-corrected chi connectivity index (χ3v) is 3.87. The number of guanidine groups is 1. The van der Waals surface area contributed by atoms with Crippen molar-refractivity contribution in [2.45, 2.75) is 39.8 Å². The molecule has 0 heterocycles. The summed E-state index contributed by atoms with van der Waals surface area (Å²) in [5.41, 5.74) is 1.16. The van der Waals surface area contributed by atoms with Crippen LogP contribution in [-0.2, 0) is 11.3 Å². The fourth-order valence-corrected chi connectivity index (χ4v) is 2.09. The predicted octanol–water partition coefficient (Wildman–Crippen LogP) is 2.35. The Hall–Kier alpha value is -2.24. The molecule has 0 aliphatic heterocycles. The van der Waals surface area contributed by atoms with Gasteiger partial charge < -0.3 is 19.9 Å². The number of ether oxygens (including phenoxy) is 1. The maximum atomic E-state index is 11.8. The minimum Gasteiger partial charge on any atom is -0.494 e. The van der Waals surface area contributed by atoms with Gasteiger partial charge >= 0.3 is 0 Å². The summed E-state index contributed by atoms with van der Waals surface area (Å²) in [6.07, 6.45) is 0.984. The highest BCUT2D eigenvalue weighted by Crippen LogP contribution is 2.13. The topological polar surface area (TPSA) is 57.2 Å². The Morgan fingerprint density at radius 2 is 1.84 bits per heavy atom. The van der Waals surface area contributed by atoms with E-state index in [2.05, 4.69) is 24.2 Å². The zero-order valence-corrected chi connectivity index (χ0v) is 16.4. The van der Waals surface area contributed by atoms with Gasteiger partial charge in [-0.15, -0.1) is 0 Å². The monoisotopic (exact) mass is 348 g/mol. The number of nitrogens with one attached hydrogen (secondary N) is 1. The normalized spacial score (nSPS) is 12.5. The van der Waals surface area contributed by atoms with Crippen LogP contribution in [-0.4, -0.2) is 62.0 Å². The lowest BCUT2D eigenvalue weighted by atomic mass is 10.2. The predicted molar refractivity (Wildman–Crippen MR) is 103 cm³/mol. The largest absolute Gasteiger partial charge is 0.494 e. The van der Waals surface area contributed by atoms with Crippen molar-refractivity contribution >= 4 is 11.9 Å². The van der Waals surface area contributed by atoms with Crippen LogP contribution in [0, 0.1) is 0 Å². The van der Waals surface area contributed by atoms with Crippen LogP contribution in [0.15, 0.2) is 29.3 Å². The third kappa shape index (κ3) is 7.45. The quantitative estimate of drug-likeness (QED) is 0.579. The van der Waals surface area contributed by atoms with Crippen LogP contribution in [0.25, 0.3) is 0 Å². The molecule has 1 atom stereocenters. The van der Waals surface area contributed by atoms with Gasteiger partial charge in [0, 0.05) is 33.7 Å². The Labute approximate surface area is 151 Å². The lowest BCUT2D eigenvalue weighted by Gasteiger charge is -2.25. The van der Waals surface area contributed by atoms with E-state index < -0.39 is 0 Å². The molecular formula is C19H32N4O2. The van der Waals surface area contributed by atoms with Crippen LogP contribution in [0.5, 0.6) is 5.75 Å². The Kier molecular flexibility index (Phi) is 8.81. The first-order chi connectivity index (χ1) is 11.9.